The Balaban J connectivity index is 1.23. The van der Waals surface area contributed by atoms with Crippen molar-refractivity contribution < 1.29 is 22.7 Å². The summed E-state index contributed by atoms with van der Waals surface area (Å²) in [7, 11) is 0. The van der Waals surface area contributed by atoms with Crippen LogP contribution < -0.4 is 10.1 Å². The Labute approximate surface area is 171 Å². The summed E-state index contributed by atoms with van der Waals surface area (Å²) < 4.78 is 41.1. The third-order valence-electron chi connectivity index (χ3n) is 5.07. The Morgan fingerprint density at radius 2 is 2.03 bits per heavy atom. The molecule has 1 fully saturated rings. The molecule has 0 saturated heterocycles. The van der Waals surface area contributed by atoms with Crippen molar-refractivity contribution in [2.75, 3.05) is 13.2 Å². The van der Waals surface area contributed by atoms with Crippen LogP contribution in [0.1, 0.15) is 23.6 Å². The van der Waals surface area contributed by atoms with Gasteiger partial charge >= 0.3 is 6.18 Å². The number of hydrogen-bond donors (Lipinski definition) is 1. The van der Waals surface area contributed by atoms with Crippen LogP contribution in [0.5, 0.6) is 5.75 Å². The number of pyridine rings is 2. The van der Waals surface area contributed by atoms with Crippen molar-refractivity contribution >= 4 is 16.8 Å². The van der Waals surface area contributed by atoms with Crippen molar-refractivity contribution in [3.05, 3.63) is 66.1 Å². The van der Waals surface area contributed by atoms with Crippen LogP contribution in [0.2, 0.25) is 0 Å². The summed E-state index contributed by atoms with van der Waals surface area (Å²) in [5, 5.41) is 3.99. The lowest BCUT2D eigenvalue weighted by Crippen LogP contribution is -2.27. The van der Waals surface area contributed by atoms with Crippen LogP contribution in [0, 0.1) is 5.92 Å². The van der Waals surface area contributed by atoms with E-state index in [-0.39, 0.29) is 23.5 Å². The summed E-state index contributed by atoms with van der Waals surface area (Å²) in [5.41, 5.74) is 2.72. The van der Waals surface area contributed by atoms with Gasteiger partial charge in [0.2, 0.25) is 5.91 Å². The molecule has 8 heteroatoms. The van der Waals surface area contributed by atoms with Crippen molar-refractivity contribution in [1.29, 1.82) is 0 Å². The average Bonchev–Trinajstić information content (AvgIpc) is 3.53. The molecular weight excluding hydrogens is 395 g/mol. The molecule has 1 saturated carbocycles. The average molecular weight is 415 g/mol. The number of alkyl halides is 3. The summed E-state index contributed by atoms with van der Waals surface area (Å²) in [6, 6.07) is 13.1. The number of halogens is 3. The van der Waals surface area contributed by atoms with Gasteiger partial charge in [-0.2, -0.15) is 13.2 Å². The highest BCUT2D eigenvalue weighted by Gasteiger charge is 2.43. The zero-order chi connectivity index (χ0) is 21.1. The Kier molecular flexibility index (Phi) is 5.57. The van der Waals surface area contributed by atoms with Crippen molar-refractivity contribution in [2.45, 2.75) is 24.9 Å². The lowest BCUT2D eigenvalue weighted by Gasteiger charge is -2.09. The smallest absolute Gasteiger partial charge is 0.422 e. The highest BCUT2D eigenvalue weighted by molar-refractivity contribution is 5.84. The van der Waals surface area contributed by atoms with E-state index in [0.717, 1.165) is 22.9 Å². The summed E-state index contributed by atoms with van der Waals surface area (Å²) in [6.45, 7) is -0.934. The number of nitrogens with zero attached hydrogens (tertiary/aromatic N) is 2. The van der Waals surface area contributed by atoms with E-state index in [1.165, 1.54) is 12.3 Å². The molecule has 156 valence electrons. The lowest BCUT2D eigenvalue weighted by atomic mass is 10.1. The van der Waals surface area contributed by atoms with Crippen molar-refractivity contribution in [2.24, 2.45) is 5.92 Å². The normalized spacial score (nSPS) is 18.2. The van der Waals surface area contributed by atoms with Crippen molar-refractivity contribution in [3.63, 3.8) is 0 Å². The molecule has 1 aliphatic rings. The molecule has 2 unspecified atom stereocenters. The van der Waals surface area contributed by atoms with Gasteiger partial charge in [0.15, 0.2) is 6.61 Å². The molecule has 5 nitrogen and oxygen atoms in total. The Morgan fingerprint density at radius 1 is 1.17 bits per heavy atom. The third kappa shape index (κ3) is 5.06. The van der Waals surface area contributed by atoms with Gasteiger partial charge in [-0.1, -0.05) is 18.2 Å². The van der Waals surface area contributed by atoms with Crippen LogP contribution in [0.4, 0.5) is 13.2 Å². The summed E-state index contributed by atoms with van der Waals surface area (Å²) in [5.74, 6) is 0.230. The molecule has 2 aromatic heterocycles. The molecule has 0 aliphatic heterocycles. The number of hydrogen-bond acceptors (Lipinski definition) is 4. The number of carbonyl (C=O) groups excluding carboxylic acids is 1. The molecular formula is C22H20F3N3O2. The topological polar surface area (TPSA) is 64.1 Å². The van der Waals surface area contributed by atoms with Crippen molar-refractivity contribution in [3.8, 4) is 5.75 Å². The fourth-order valence-electron chi connectivity index (χ4n) is 3.42. The van der Waals surface area contributed by atoms with E-state index in [9.17, 15) is 18.0 Å². The second-order valence-electron chi connectivity index (χ2n) is 7.33. The predicted octanol–water partition coefficient (Wildman–Crippen LogP) is 4.03. The standard InChI is InChI=1S/C22H20F3N3O2/c23-22(24,25)13-30-17-6-5-16(28-12-17)7-9-27-21(29)19-11-18(19)15-4-3-14-2-1-8-26-20(14)10-15/h1-6,8,10,12,18-19H,7,9,11,13H2,(H,27,29). The van der Waals surface area contributed by atoms with E-state index in [0.29, 0.717) is 18.7 Å². The highest BCUT2D eigenvalue weighted by atomic mass is 19.4. The number of nitrogens with one attached hydrogen (secondary N) is 1. The summed E-state index contributed by atoms with van der Waals surface area (Å²) in [6.07, 6.45) is -0.0664. The van der Waals surface area contributed by atoms with Gasteiger partial charge in [0.05, 0.1) is 11.7 Å². The number of benzene rings is 1. The number of fused-ring (bicyclic) bond motifs is 1. The van der Waals surface area contributed by atoms with Crippen LogP contribution in [0.15, 0.2) is 54.9 Å². The molecule has 1 amide bonds. The number of ether oxygens (including phenoxy) is 1. The maximum Gasteiger partial charge on any atom is 0.422 e. The molecule has 30 heavy (non-hydrogen) atoms. The van der Waals surface area contributed by atoms with E-state index in [4.69, 9.17) is 0 Å². The first-order valence-corrected chi connectivity index (χ1v) is 9.66. The lowest BCUT2D eigenvalue weighted by molar-refractivity contribution is -0.153. The summed E-state index contributed by atoms with van der Waals surface area (Å²) >= 11 is 0. The van der Waals surface area contributed by atoms with Gasteiger partial charge in [-0.15, -0.1) is 0 Å². The first-order chi connectivity index (χ1) is 14.4. The largest absolute Gasteiger partial charge is 0.483 e. The SMILES string of the molecule is O=C(NCCc1ccc(OCC(F)(F)F)cn1)C1CC1c1ccc2cccnc2c1. The molecule has 1 N–H and O–H groups in total. The van der Waals surface area contributed by atoms with Crippen LogP contribution in [-0.4, -0.2) is 35.2 Å². The van der Waals surface area contributed by atoms with Crippen LogP contribution in [0.25, 0.3) is 10.9 Å². The van der Waals surface area contributed by atoms with E-state index in [2.05, 4.69) is 20.0 Å². The highest BCUT2D eigenvalue weighted by Crippen LogP contribution is 2.47. The van der Waals surface area contributed by atoms with E-state index < -0.39 is 12.8 Å². The van der Waals surface area contributed by atoms with E-state index in [1.54, 1.807) is 12.3 Å². The van der Waals surface area contributed by atoms with E-state index >= 15 is 0 Å². The molecule has 4 rings (SSSR count). The minimum atomic E-state index is -4.38. The Bertz CT molecular complexity index is 1040. The number of amides is 1. The fourth-order valence-corrected chi connectivity index (χ4v) is 3.42. The van der Waals surface area contributed by atoms with Crippen LogP contribution in [-0.2, 0) is 11.2 Å². The zero-order valence-electron chi connectivity index (χ0n) is 16.0. The minimum absolute atomic E-state index is 0.00579. The molecule has 3 aromatic rings. The van der Waals surface area contributed by atoms with Gasteiger partial charge < -0.3 is 10.1 Å². The maximum absolute atomic E-state index is 12.4. The second-order valence-corrected chi connectivity index (χ2v) is 7.33. The molecule has 0 bridgehead atoms. The van der Waals surface area contributed by atoms with Gasteiger partial charge in [-0.05, 0) is 42.2 Å². The number of rotatable bonds is 7. The van der Waals surface area contributed by atoms with Gasteiger partial charge in [0, 0.05) is 36.2 Å². The Morgan fingerprint density at radius 3 is 2.80 bits per heavy atom. The quantitative estimate of drug-likeness (QED) is 0.633. The second kappa shape index (κ2) is 8.30. The van der Waals surface area contributed by atoms with Gasteiger partial charge in [-0.25, -0.2) is 0 Å². The number of aromatic nitrogens is 2. The predicted molar refractivity (Wildman–Crippen MR) is 105 cm³/mol. The zero-order valence-corrected chi connectivity index (χ0v) is 16.0. The van der Waals surface area contributed by atoms with Crippen LogP contribution >= 0.6 is 0 Å². The summed E-state index contributed by atoms with van der Waals surface area (Å²) in [4.78, 5) is 20.8. The number of carbonyl (C=O) groups is 1. The van der Waals surface area contributed by atoms with Crippen LogP contribution in [0.3, 0.4) is 0 Å². The first-order valence-electron chi connectivity index (χ1n) is 9.66. The monoisotopic (exact) mass is 415 g/mol. The van der Waals surface area contributed by atoms with Gasteiger partial charge in [-0.3, -0.25) is 14.8 Å². The van der Waals surface area contributed by atoms with Gasteiger partial charge in [0.25, 0.3) is 0 Å². The maximum atomic E-state index is 12.4. The molecule has 2 atom stereocenters. The first kappa shape index (κ1) is 20.1. The molecule has 0 spiro atoms. The fraction of sp³-hybridized carbons (Fsp3) is 0.318. The minimum Gasteiger partial charge on any atom is -0.483 e. The van der Waals surface area contributed by atoms with E-state index in [1.807, 2.05) is 30.3 Å². The van der Waals surface area contributed by atoms with Crippen molar-refractivity contribution in [1.82, 2.24) is 15.3 Å². The van der Waals surface area contributed by atoms with Gasteiger partial charge in [0.1, 0.15) is 5.75 Å². The molecule has 1 aromatic carbocycles. The molecule has 2 heterocycles. The molecule has 0 radical (unpaired) electrons. The Hall–Kier alpha value is -3.16. The molecule has 1 aliphatic carbocycles. The third-order valence-corrected chi connectivity index (χ3v) is 5.07.